The second kappa shape index (κ2) is 7.92. The molecule has 8 heteroatoms. The Hall–Kier alpha value is -1.70. The van der Waals surface area contributed by atoms with Gasteiger partial charge in [-0.25, -0.2) is 9.97 Å². The molecule has 1 aromatic heterocycles. The number of nitrogens with one attached hydrogen (secondary N) is 1. The summed E-state index contributed by atoms with van der Waals surface area (Å²) >= 11 is 0. The summed E-state index contributed by atoms with van der Waals surface area (Å²) in [6, 6.07) is 0.894. The van der Waals surface area contributed by atoms with Crippen LogP contribution in [0.4, 0.5) is 13.2 Å². The molecule has 1 aliphatic heterocycles. The normalized spacial score (nSPS) is 19.3. The van der Waals surface area contributed by atoms with E-state index in [-0.39, 0.29) is 24.0 Å². The average molecular weight is 344 g/mol. The lowest BCUT2D eigenvalue weighted by atomic mass is 9.93. The van der Waals surface area contributed by atoms with Crippen LogP contribution < -0.4 is 5.32 Å². The lowest BCUT2D eigenvalue weighted by molar-refractivity contribution is -0.141. The summed E-state index contributed by atoms with van der Waals surface area (Å²) in [5.74, 6) is 0.302. The molecule has 134 valence electrons. The van der Waals surface area contributed by atoms with E-state index in [1.807, 2.05) is 0 Å². The number of likely N-dealkylation sites (tertiary alicyclic amines) is 1. The Labute approximate surface area is 139 Å². The molecule has 1 aromatic rings. The van der Waals surface area contributed by atoms with Crippen molar-refractivity contribution in [2.45, 2.75) is 45.3 Å². The molecule has 5 nitrogen and oxygen atoms in total. The van der Waals surface area contributed by atoms with E-state index in [1.165, 1.54) is 6.92 Å². The topological polar surface area (TPSA) is 58.1 Å². The molecule has 0 bridgehead atoms. The third-order valence-electron chi connectivity index (χ3n) is 4.14. The molecule has 1 amide bonds. The number of hydrogen-bond acceptors (Lipinski definition) is 4. The molecule has 2 rings (SSSR count). The first-order chi connectivity index (χ1) is 11.2. The van der Waals surface area contributed by atoms with Crippen molar-refractivity contribution < 1.29 is 18.0 Å². The fraction of sp³-hybridized carbons (Fsp3) is 0.688. The number of hydrogen-bond donors (Lipinski definition) is 1. The highest BCUT2D eigenvalue weighted by Crippen LogP contribution is 2.27. The third-order valence-corrected chi connectivity index (χ3v) is 4.14. The summed E-state index contributed by atoms with van der Waals surface area (Å²) in [6.45, 7) is 3.47. The van der Waals surface area contributed by atoms with E-state index >= 15 is 0 Å². The molecule has 0 aliphatic carbocycles. The predicted molar refractivity (Wildman–Crippen MR) is 83.1 cm³/mol. The number of alkyl halides is 3. The number of halogens is 3. The Kier molecular flexibility index (Phi) is 6.15. The third kappa shape index (κ3) is 5.74. The zero-order chi connectivity index (χ0) is 17.7. The van der Waals surface area contributed by atoms with Crippen LogP contribution in [-0.2, 0) is 17.5 Å². The van der Waals surface area contributed by atoms with Crippen LogP contribution in [0.15, 0.2) is 6.07 Å². The molecule has 1 N–H and O–H groups in total. The number of carbonyl (C=O) groups is 1. The smallest absolute Gasteiger partial charge is 0.349 e. The fourth-order valence-electron chi connectivity index (χ4n) is 2.96. The van der Waals surface area contributed by atoms with Crippen LogP contribution in [0, 0.1) is 12.8 Å². The van der Waals surface area contributed by atoms with Crippen molar-refractivity contribution in [3.63, 3.8) is 0 Å². The van der Waals surface area contributed by atoms with Gasteiger partial charge >= 0.3 is 6.18 Å². The van der Waals surface area contributed by atoms with E-state index in [0.717, 1.165) is 38.4 Å². The van der Waals surface area contributed by atoms with Crippen LogP contribution in [-0.4, -0.2) is 40.9 Å². The van der Waals surface area contributed by atoms with Crippen molar-refractivity contribution in [3.05, 3.63) is 23.3 Å². The zero-order valence-corrected chi connectivity index (χ0v) is 14.0. The van der Waals surface area contributed by atoms with Gasteiger partial charge in [-0.1, -0.05) is 0 Å². The van der Waals surface area contributed by atoms with E-state index in [9.17, 15) is 18.0 Å². The summed E-state index contributed by atoms with van der Waals surface area (Å²) in [6.07, 6.45) is -1.09. The van der Waals surface area contributed by atoms with Crippen molar-refractivity contribution >= 4 is 5.91 Å². The SMILES string of the molecule is Cc1cc(C(F)(F)F)nc(CNC(=O)CC[C@H]2CCCN(C)C2)n1. The van der Waals surface area contributed by atoms with Crippen molar-refractivity contribution in [2.24, 2.45) is 5.92 Å². The molecule has 1 atom stereocenters. The first-order valence-corrected chi connectivity index (χ1v) is 8.11. The standard InChI is InChI=1S/C16H23F3N4O/c1-11-8-13(16(17,18)19)22-14(21-11)9-20-15(24)6-5-12-4-3-7-23(2)10-12/h8,12H,3-7,9-10H2,1-2H3,(H,20,24)/t12-/m1/s1. The van der Waals surface area contributed by atoms with Crippen molar-refractivity contribution in [1.82, 2.24) is 20.2 Å². The number of carbonyl (C=O) groups excluding carboxylic acids is 1. The quantitative estimate of drug-likeness (QED) is 0.892. The minimum absolute atomic E-state index is 0.0203. The summed E-state index contributed by atoms with van der Waals surface area (Å²) < 4.78 is 38.2. The highest BCUT2D eigenvalue weighted by atomic mass is 19.4. The average Bonchev–Trinajstić information content (AvgIpc) is 2.49. The first-order valence-electron chi connectivity index (χ1n) is 8.11. The minimum Gasteiger partial charge on any atom is -0.349 e. The first kappa shape index (κ1) is 18.6. The molecular formula is C16H23F3N4O. The number of nitrogens with zero attached hydrogens (tertiary/aromatic N) is 3. The molecule has 0 spiro atoms. The van der Waals surface area contributed by atoms with E-state index in [0.29, 0.717) is 12.3 Å². The van der Waals surface area contributed by atoms with Gasteiger partial charge in [-0.15, -0.1) is 0 Å². The molecule has 0 unspecified atom stereocenters. The van der Waals surface area contributed by atoms with Crippen LogP contribution >= 0.6 is 0 Å². The van der Waals surface area contributed by atoms with Crippen LogP contribution in [0.5, 0.6) is 0 Å². The summed E-state index contributed by atoms with van der Waals surface area (Å²) in [7, 11) is 2.07. The molecule has 0 aromatic carbocycles. The van der Waals surface area contributed by atoms with Gasteiger partial charge in [0.2, 0.25) is 5.91 Å². The summed E-state index contributed by atoms with van der Waals surface area (Å²) in [5.41, 5.74) is -0.753. The Morgan fingerprint density at radius 2 is 2.17 bits per heavy atom. The maximum Gasteiger partial charge on any atom is 0.433 e. The Morgan fingerprint density at radius 3 is 2.83 bits per heavy atom. The van der Waals surface area contributed by atoms with Crippen LogP contribution in [0.2, 0.25) is 0 Å². The molecule has 1 aliphatic rings. The van der Waals surface area contributed by atoms with Crippen molar-refractivity contribution in [1.29, 1.82) is 0 Å². The minimum atomic E-state index is -4.51. The lowest BCUT2D eigenvalue weighted by Crippen LogP contribution is -2.33. The molecular weight excluding hydrogens is 321 g/mol. The molecule has 24 heavy (non-hydrogen) atoms. The van der Waals surface area contributed by atoms with Crippen LogP contribution in [0.25, 0.3) is 0 Å². The van der Waals surface area contributed by atoms with Gasteiger partial charge in [0, 0.05) is 18.7 Å². The second-order valence-corrected chi connectivity index (χ2v) is 6.39. The maximum absolute atomic E-state index is 12.7. The monoisotopic (exact) mass is 344 g/mol. The van der Waals surface area contributed by atoms with Crippen LogP contribution in [0.1, 0.15) is 42.9 Å². The number of piperidine rings is 1. The summed E-state index contributed by atoms with van der Waals surface area (Å²) in [5, 5.41) is 2.61. The van der Waals surface area contributed by atoms with Gasteiger partial charge in [-0.2, -0.15) is 13.2 Å². The molecule has 2 heterocycles. The van der Waals surface area contributed by atoms with E-state index < -0.39 is 11.9 Å². The van der Waals surface area contributed by atoms with Crippen LogP contribution in [0.3, 0.4) is 0 Å². The highest BCUT2D eigenvalue weighted by Gasteiger charge is 2.33. The number of rotatable bonds is 5. The molecule has 1 saturated heterocycles. The van der Waals surface area contributed by atoms with Gasteiger partial charge in [-0.05, 0) is 51.8 Å². The molecule has 0 radical (unpaired) electrons. The molecule has 0 saturated carbocycles. The van der Waals surface area contributed by atoms with E-state index in [2.05, 4.69) is 27.2 Å². The fourth-order valence-corrected chi connectivity index (χ4v) is 2.96. The second-order valence-electron chi connectivity index (χ2n) is 6.39. The number of aromatic nitrogens is 2. The maximum atomic E-state index is 12.7. The Bertz CT molecular complexity index is 577. The van der Waals surface area contributed by atoms with Crippen molar-refractivity contribution in [2.75, 3.05) is 20.1 Å². The number of amides is 1. The largest absolute Gasteiger partial charge is 0.433 e. The predicted octanol–water partition coefficient (Wildman–Crippen LogP) is 2.54. The highest BCUT2D eigenvalue weighted by molar-refractivity contribution is 5.75. The van der Waals surface area contributed by atoms with Gasteiger partial charge in [0.05, 0.1) is 6.54 Å². The summed E-state index contributed by atoms with van der Waals surface area (Å²) in [4.78, 5) is 21.6. The van der Waals surface area contributed by atoms with Crippen molar-refractivity contribution in [3.8, 4) is 0 Å². The Balaban J connectivity index is 1.82. The Morgan fingerprint density at radius 1 is 1.42 bits per heavy atom. The van der Waals surface area contributed by atoms with Gasteiger partial charge in [-0.3, -0.25) is 4.79 Å². The van der Waals surface area contributed by atoms with Gasteiger partial charge in [0.25, 0.3) is 0 Å². The van der Waals surface area contributed by atoms with Gasteiger partial charge < -0.3 is 10.2 Å². The van der Waals surface area contributed by atoms with E-state index in [4.69, 9.17) is 0 Å². The van der Waals surface area contributed by atoms with Gasteiger partial charge in [0.15, 0.2) is 0 Å². The lowest BCUT2D eigenvalue weighted by Gasteiger charge is -2.29. The molecule has 1 fully saturated rings. The number of aryl methyl sites for hydroxylation is 1. The zero-order valence-electron chi connectivity index (χ0n) is 14.0. The van der Waals surface area contributed by atoms with Gasteiger partial charge in [0.1, 0.15) is 11.5 Å². The van der Waals surface area contributed by atoms with E-state index in [1.54, 1.807) is 0 Å².